The predicted octanol–water partition coefficient (Wildman–Crippen LogP) is 5.06. The molecular weight excluding hydrogens is 376 g/mol. The maximum atomic E-state index is 13.0. The zero-order valence-electron chi connectivity index (χ0n) is 18.0. The average molecular weight is 407 g/mol. The van der Waals surface area contributed by atoms with Crippen LogP contribution in [0.1, 0.15) is 55.2 Å². The number of aromatic nitrogens is 2. The van der Waals surface area contributed by atoms with Crippen molar-refractivity contribution in [1.82, 2.24) is 9.13 Å². The molecule has 0 saturated heterocycles. The smallest absolute Gasteiger partial charge is 0.336 e. The predicted molar refractivity (Wildman–Crippen MR) is 120 cm³/mol. The highest BCUT2D eigenvalue weighted by Gasteiger charge is 2.13. The first kappa shape index (κ1) is 21.6. The Morgan fingerprint density at radius 3 is 2.40 bits per heavy atom. The highest BCUT2D eigenvalue weighted by molar-refractivity contribution is 5.95. The maximum absolute atomic E-state index is 13.0. The Labute approximate surface area is 177 Å². The Hall–Kier alpha value is -3.08. The number of carbonyl (C=O) groups is 1. The molecule has 0 spiro atoms. The fourth-order valence-corrected chi connectivity index (χ4v) is 3.66. The molecule has 0 unspecified atom stereocenters. The molecule has 0 aliphatic rings. The van der Waals surface area contributed by atoms with Crippen LogP contribution in [-0.4, -0.2) is 20.2 Å². The fourth-order valence-electron chi connectivity index (χ4n) is 3.66. The number of hydrogen-bond acceptors (Lipinski definition) is 2. The van der Waals surface area contributed by atoms with Crippen LogP contribution in [0.4, 0.5) is 0 Å². The van der Waals surface area contributed by atoms with Gasteiger partial charge in [-0.15, -0.1) is 0 Å². The lowest BCUT2D eigenvalue weighted by Crippen LogP contribution is -2.26. The van der Waals surface area contributed by atoms with Crippen molar-refractivity contribution in [2.75, 3.05) is 0 Å². The minimum Gasteiger partial charge on any atom is -0.478 e. The second-order valence-corrected chi connectivity index (χ2v) is 8.16. The van der Waals surface area contributed by atoms with Gasteiger partial charge in [0.1, 0.15) is 0 Å². The van der Waals surface area contributed by atoms with E-state index in [2.05, 4.69) is 20.8 Å². The summed E-state index contributed by atoms with van der Waals surface area (Å²) in [5, 5.41) is 9.43. The number of hydrogen-bond donors (Lipinski definition) is 1. The van der Waals surface area contributed by atoms with E-state index in [1.54, 1.807) is 12.1 Å². The summed E-state index contributed by atoms with van der Waals surface area (Å²) in [7, 11) is 0. The summed E-state index contributed by atoms with van der Waals surface area (Å²) >= 11 is 0. The van der Waals surface area contributed by atoms with Crippen molar-refractivity contribution in [2.24, 2.45) is 5.92 Å². The number of carboxylic acid groups (broad SMARTS) is 1. The first-order valence-corrected chi connectivity index (χ1v) is 10.6. The standard InChI is InChI=1S/C25H30N2O3/c1-4-7-21-17-26(15-14-18(2)3)25(30)27(21)16-19-10-12-20(13-11-19)22-8-5-6-9-23(22)24(28)29/h5-6,8-13,17-18H,4,7,14-16H2,1-3H3,(H,28,29). The molecule has 3 rings (SSSR count). The topological polar surface area (TPSA) is 64.2 Å². The van der Waals surface area contributed by atoms with Gasteiger partial charge in [0.25, 0.3) is 0 Å². The summed E-state index contributed by atoms with van der Waals surface area (Å²) in [6.45, 7) is 7.71. The molecule has 1 N–H and O–H groups in total. The van der Waals surface area contributed by atoms with Gasteiger partial charge < -0.3 is 5.11 Å². The number of carboxylic acids is 1. The highest BCUT2D eigenvalue weighted by atomic mass is 16.4. The summed E-state index contributed by atoms with van der Waals surface area (Å²) in [6, 6.07) is 14.8. The minimum absolute atomic E-state index is 0.0411. The van der Waals surface area contributed by atoms with Crippen LogP contribution < -0.4 is 5.69 Å². The first-order chi connectivity index (χ1) is 14.4. The van der Waals surface area contributed by atoms with E-state index in [0.717, 1.165) is 42.6 Å². The van der Waals surface area contributed by atoms with E-state index in [4.69, 9.17) is 0 Å². The van der Waals surface area contributed by atoms with E-state index in [1.807, 2.05) is 51.7 Å². The van der Waals surface area contributed by atoms with Gasteiger partial charge in [-0.3, -0.25) is 9.13 Å². The monoisotopic (exact) mass is 406 g/mol. The van der Waals surface area contributed by atoms with Crippen LogP contribution in [0.5, 0.6) is 0 Å². The molecule has 5 heteroatoms. The third-order valence-electron chi connectivity index (χ3n) is 5.34. The molecule has 0 amide bonds. The molecule has 0 aliphatic carbocycles. The van der Waals surface area contributed by atoms with Crippen molar-refractivity contribution >= 4 is 5.97 Å². The molecule has 1 aromatic heterocycles. The second kappa shape index (κ2) is 9.61. The normalized spacial score (nSPS) is 11.2. The number of aryl methyl sites for hydroxylation is 2. The van der Waals surface area contributed by atoms with Gasteiger partial charge in [0.15, 0.2) is 0 Å². The van der Waals surface area contributed by atoms with Gasteiger partial charge >= 0.3 is 11.7 Å². The Morgan fingerprint density at radius 1 is 1.07 bits per heavy atom. The van der Waals surface area contributed by atoms with Crippen molar-refractivity contribution in [1.29, 1.82) is 0 Å². The molecule has 0 aliphatic heterocycles. The van der Waals surface area contributed by atoms with Crippen LogP contribution in [0.15, 0.2) is 59.5 Å². The molecule has 0 atom stereocenters. The van der Waals surface area contributed by atoms with Crippen LogP contribution >= 0.6 is 0 Å². The van der Waals surface area contributed by atoms with Crippen LogP contribution in [-0.2, 0) is 19.5 Å². The quantitative estimate of drug-likeness (QED) is 0.540. The number of nitrogens with zero attached hydrogens (tertiary/aromatic N) is 2. The fraction of sp³-hybridized carbons (Fsp3) is 0.360. The summed E-state index contributed by atoms with van der Waals surface area (Å²) in [5.41, 5.74) is 3.96. The van der Waals surface area contributed by atoms with Gasteiger partial charge in [-0.05, 0) is 41.5 Å². The lowest BCUT2D eigenvalue weighted by atomic mass is 9.99. The van der Waals surface area contributed by atoms with Crippen LogP contribution in [0, 0.1) is 5.92 Å². The Kier molecular flexibility index (Phi) is 6.93. The van der Waals surface area contributed by atoms with Gasteiger partial charge in [-0.2, -0.15) is 0 Å². The van der Waals surface area contributed by atoms with Crippen molar-refractivity contribution in [2.45, 2.75) is 53.1 Å². The zero-order valence-corrected chi connectivity index (χ0v) is 18.0. The minimum atomic E-state index is -0.937. The summed E-state index contributed by atoms with van der Waals surface area (Å²) in [5.74, 6) is -0.385. The first-order valence-electron chi connectivity index (χ1n) is 10.6. The Bertz CT molecular complexity index is 1060. The van der Waals surface area contributed by atoms with E-state index in [1.165, 1.54) is 0 Å². The lowest BCUT2D eigenvalue weighted by Gasteiger charge is -2.09. The highest BCUT2D eigenvalue weighted by Crippen LogP contribution is 2.24. The molecule has 0 fully saturated rings. The van der Waals surface area contributed by atoms with Gasteiger partial charge in [0.05, 0.1) is 12.1 Å². The van der Waals surface area contributed by atoms with E-state index in [0.29, 0.717) is 18.0 Å². The number of imidazole rings is 1. The lowest BCUT2D eigenvalue weighted by molar-refractivity contribution is 0.0697. The second-order valence-electron chi connectivity index (χ2n) is 8.16. The summed E-state index contributed by atoms with van der Waals surface area (Å²) in [4.78, 5) is 24.4. The van der Waals surface area contributed by atoms with E-state index in [9.17, 15) is 14.7 Å². The summed E-state index contributed by atoms with van der Waals surface area (Å²) < 4.78 is 3.70. The van der Waals surface area contributed by atoms with Crippen LogP contribution in [0.25, 0.3) is 11.1 Å². The van der Waals surface area contributed by atoms with Gasteiger partial charge in [0.2, 0.25) is 0 Å². The molecule has 0 bridgehead atoms. The van der Waals surface area contributed by atoms with Crippen molar-refractivity contribution in [3.8, 4) is 11.1 Å². The molecule has 2 aromatic carbocycles. The average Bonchev–Trinajstić information content (AvgIpc) is 3.02. The maximum Gasteiger partial charge on any atom is 0.336 e. The molecule has 30 heavy (non-hydrogen) atoms. The molecule has 158 valence electrons. The van der Waals surface area contributed by atoms with E-state index < -0.39 is 5.97 Å². The molecule has 0 radical (unpaired) electrons. The molecule has 1 heterocycles. The van der Waals surface area contributed by atoms with Crippen LogP contribution in [0.2, 0.25) is 0 Å². The van der Waals surface area contributed by atoms with Gasteiger partial charge in [0, 0.05) is 18.4 Å². The van der Waals surface area contributed by atoms with Crippen molar-refractivity contribution in [3.63, 3.8) is 0 Å². The molecule has 5 nitrogen and oxygen atoms in total. The summed E-state index contributed by atoms with van der Waals surface area (Å²) in [6.07, 6.45) is 4.84. The molecular formula is C25H30N2O3. The number of rotatable bonds is 9. The largest absolute Gasteiger partial charge is 0.478 e. The SMILES string of the molecule is CCCc1cn(CCC(C)C)c(=O)n1Cc1ccc(-c2ccccc2C(=O)O)cc1. The van der Waals surface area contributed by atoms with E-state index in [-0.39, 0.29) is 11.3 Å². The molecule has 3 aromatic rings. The van der Waals surface area contributed by atoms with E-state index >= 15 is 0 Å². The van der Waals surface area contributed by atoms with Crippen molar-refractivity contribution < 1.29 is 9.90 Å². The Morgan fingerprint density at radius 2 is 1.77 bits per heavy atom. The third-order valence-corrected chi connectivity index (χ3v) is 5.34. The Balaban J connectivity index is 1.87. The van der Waals surface area contributed by atoms with Gasteiger partial charge in [-0.1, -0.05) is 69.7 Å². The number of aromatic carboxylic acids is 1. The zero-order chi connectivity index (χ0) is 21.7. The third kappa shape index (κ3) is 4.90. The van der Waals surface area contributed by atoms with Crippen LogP contribution in [0.3, 0.4) is 0 Å². The van der Waals surface area contributed by atoms with Gasteiger partial charge in [-0.25, -0.2) is 9.59 Å². The molecule has 0 saturated carbocycles. The number of benzene rings is 2. The van der Waals surface area contributed by atoms with Crippen molar-refractivity contribution in [3.05, 3.63) is 82.0 Å².